The van der Waals surface area contributed by atoms with Crippen molar-refractivity contribution in [3.8, 4) is 33.6 Å². The molecule has 0 radical (unpaired) electrons. The maximum absolute atomic E-state index is 5.26. The molecule has 0 amide bonds. The molecule has 4 aromatic heterocycles. The smallest absolute Gasteiger partial charge is 0.0978 e. The Morgan fingerprint density at radius 3 is 1.65 bits per heavy atom. The molecule has 4 heteroatoms. The average molecular weight is 611 g/mol. The molecule has 0 saturated heterocycles. The molecule has 0 spiro atoms. The number of hydrogen-bond donors (Lipinski definition) is 0. The van der Waals surface area contributed by atoms with Crippen LogP contribution in [0.2, 0.25) is 0 Å². The van der Waals surface area contributed by atoms with E-state index < -0.39 is 0 Å². The first-order chi connectivity index (χ1) is 23.8. The minimum absolute atomic E-state index is 0.910. The molecule has 0 aliphatic carbocycles. The van der Waals surface area contributed by atoms with Crippen LogP contribution in [0.3, 0.4) is 0 Å². The first-order valence-corrected chi connectivity index (χ1v) is 16.1. The highest BCUT2D eigenvalue weighted by atomic mass is 14.8. The highest BCUT2D eigenvalue weighted by molar-refractivity contribution is 6.16. The van der Waals surface area contributed by atoms with Crippen LogP contribution in [0, 0.1) is 0 Å². The van der Waals surface area contributed by atoms with Gasteiger partial charge in [-0.15, -0.1) is 0 Å². The van der Waals surface area contributed by atoms with E-state index in [4.69, 9.17) is 15.0 Å². The summed E-state index contributed by atoms with van der Waals surface area (Å²) in [6, 6.07) is 53.2. The quantitative estimate of drug-likeness (QED) is 0.147. The summed E-state index contributed by atoms with van der Waals surface area (Å²) in [5, 5.41) is 7.81. The lowest BCUT2D eigenvalue weighted by Crippen LogP contribution is -1.93. The van der Waals surface area contributed by atoms with Crippen molar-refractivity contribution in [2.24, 2.45) is 0 Å². The minimum atomic E-state index is 0.910. The number of nitrogens with zero attached hydrogens (tertiary/aromatic N) is 4. The molecule has 0 unspecified atom stereocenters. The van der Waals surface area contributed by atoms with Crippen molar-refractivity contribution in [2.45, 2.75) is 0 Å². The van der Waals surface area contributed by atoms with E-state index in [0.717, 1.165) is 87.8 Å². The van der Waals surface area contributed by atoms with Crippen LogP contribution in [-0.4, -0.2) is 19.9 Å². The van der Waals surface area contributed by atoms with Crippen molar-refractivity contribution >= 4 is 65.3 Å². The first kappa shape index (κ1) is 26.7. The first-order valence-electron chi connectivity index (χ1n) is 16.1. The number of aromatic nitrogens is 4. The Kier molecular flexibility index (Phi) is 5.84. The molecule has 6 aromatic carbocycles. The monoisotopic (exact) mass is 610 g/mol. The van der Waals surface area contributed by atoms with Crippen molar-refractivity contribution in [1.29, 1.82) is 0 Å². The molecule has 4 nitrogen and oxygen atoms in total. The lowest BCUT2D eigenvalue weighted by Gasteiger charge is -2.13. The molecule has 0 N–H and O–H groups in total. The predicted molar refractivity (Wildman–Crippen MR) is 199 cm³/mol. The van der Waals surface area contributed by atoms with Crippen molar-refractivity contribution in [3.63, 3.8) is 0 Å². The third-order valence-electron chi connectivity index (χ3n) is 9.44. The van der Waals surface area contributed by atoms with E-state index in [1.165, 1.54) is 11.1 Å². The van der Waals surface area contributed by atoms with Crippen LogP contribution in [-0.2, 0) is 0 Å². The summed E-state index contributed by atoms with van der Waals surface area (Å²) in [5.74, 6) is 0. The third-order valence-corrected chi connectivity index (χ3v) is 9.44. The molecule has 0 aliphatic rings. The second-order valence-electron chi connectivity index (χ2n) is 12.3. The van der Waals surface area contributed by atoms with Crippen molar-refractivity contribution < 1.29 is 0 Å². The van der Waals surface area contributed by atoms with Gasteiger partial charge in [0.05, 0.1) is 39.0 Å². The fraction of sp³-hybridized carbons (Fsp3) is 0. The van der Waals surface area contributed by atoms with E-state index in [1.807, 2.05) is 12.3 Å². The molecule has 48 heavy (non-hydrogen) atoms. The molecule has 0 atom stereocenters. The summed E-state index contributed by atoms with van der Waals surface area (Å²) >= 11 is 0. The van der Waals surface area contributed by atoms with Gasteiger partial charge in [0.2, 0.25) is 0 Å². The number of fused-ring (bicyclic) bond motifs is 8. The Labute approximate surface area is 276 Å². The van der Waals surface area contributed by atoms with E-state index in [2.05, 4.69) is 151 Å². The molecule has 10 rings (SSSR count). The van der Waals surface area contributed by atoms with E-state index >= 15 is 0 Å². The molecule has 0 aliphatic heterocycles. The van der Waals surface area contributed by atoms with Gasteiger partial charge < -0.3 is 0 Å². The number of rotatable bonds is 3. The average Bonchev–Trinajstić information content (AvgIpc) is 3.16. The van der Waals surface area contributed by atoms with E-state index in [-0.39, 0.29) is 0 Å². The number of hydrogen-bond acceptors (Lipinski definition) is 4. The van der Waals surface area contributed by atoms with Crippen molar-refractivity contribution in [3.05, 3.63) is 158 Å². The van der Waals surface area contributed by atoms with Crippen LogP contribution in [0.4, 0.5) is 0 Å². The van der Waals surface area contributed by atoms with E-state index in [9.17, 15) is 0 Å². The van der Waals surface area contributed by atoms with Gasteiger partial charge in [0.15, 0.2) is 0 Å². The van der Waals surface area contributed by atoms with Gasteiger partial charge in [-0.25, -0.2) is 15.0 Å². The molecular formula is C44H26N4. The van der Waals surface area contributed by atoms with Gasteiger partial charge in [-0.05, 0) is 52.7 Å². The predicted octanol–water partition coefficient (Wildman–Crippen LogP) is 11.2. The largest absolute Gasteiger partial charge is 0.254 e. The zero-order valence-electron chi connectivity index (χ0n) is 25.8. The maximum Gasteiger partial charge on any atom is 0.0978 e. The molecule has 4 heterocycles. The summed E-state index contributed by atoms with van der Waals surface area (Å²) < 4.78 is 0. The van der Waals surface area contributed by atoms with Crippen LogP contribution in [0.1, 0.15) is 0 Å². The van der Waals surface area contributed by atoms with Crippen molar-refractivity contribution in [2.75, 3.05) is 0 Å². The SMILES string of the molecule is c1ccc(-c2c3ccccc3nc3c2ccc2ccc(-c4ccc5cc(-c6ccc7ccc8cccnc8c7n6)ccc5c4)nc23)cc1. The zero-order valence-corrected chi connectivity index (χ0v) is 25.8. The standard InChI is InChI=1S/C44H26N4/c1-2-7-27(8-3-1)40-35-10-4-5-11-39(35)48-44-36(40)21-18-30-20-23-38(47-43(30)44)34-17-15-31-25-33(16-14-32(31)26-34)37-22-19-29-13-12-28-9-6-24-45-41(28)42(29)46-37/h1-26H. The van der Waals surface area contributed by atoms with Crippen LogP contribution >= 0.6 is 0 Å². The summed E-state index contributed by atoms with van der Waals surface area (Å²) in [4.78, 5) is 20.1. The topological polar surface area (TPSA) is 51.6 Å². The fourth-order valence-corrected chi connectivity index (χ4v) is 7.06. The normalized spacial score (nSPS) is 11.8. The summed E-state index contributed by atoms with van der Waals surface area (Å²) in [6.07, 6.45) is 1.83. The van der Waals surface area contributed by atoms with Crippen LogP contribution < -0.4 is 0 Å². The van der Waals surface area contributed by atoms with Crippen molar-refractivity contribution in [1.82, 2.24) is 19.9 Å². The van der Waals surface area contributed by atoms with Gasteiger partial charge in [-0.1, -0.05) is 115 Å². The summed E-state index contributed by atoms with van der Waals surface area (Å²) in [5.41, 5.74) is 11.0. The summed E-state index contributed by atoms with van der Waals surface area (Å²) in [7, 11) is 0. The van der Waals surface area contributed by atoms with E-state index in [1.54, 1.807) is 0 Å². The fourth-order valence-electron chi connectivity index (χ4n) is 7.06. The highest BCUT2D eigenvalue weighted by Crippen LogP contribution is 2.38. The van der Waals surface area contributed by atoms with Gasteiger partial charge in [0.25, 0.3) is 0 Å². The van der Waals surface area contributed by atoms with Gasteiger partial charge >= 0.3 is 0 Å². The van der Waals surface area contributed by atoms with Gasteiger partial charge in [0, 0.05) is 49.8 Å². The third kappa shape index (κ3) is 4.24. The molecule has 0 fully saturated rings. The zero-order chi connectivity index (χ0) is 31.6. The van der Waals surface area contributed by atoms with Gasteiger partial charge in [-0.2, -0.15) is 0 Å². The van der Waals surface area contributed by atoms with Crippen LogP contribution in [0.25, 0.3) is 98.9 Å². The van der Waals surface area contributed by atoms with Gasteiger partial charge in [0.1, 0.15) is 0 Å². The Morgan fingerprint density at radius 1 is 0.333 bits per heavy atom. The number of pyridine rings is 4. The van der Waals surface area contributed by atoms with Crippen LogP contribution in [0.5, 0.6) is 0 Å². The van der Waals surface area contributed by atoms with Crippen LogP contribution in [0.15, 0.2) is 158 Å². The lowest BCUT2D eigenvalue weighted by atomic mass is 9.95. The summed E-state index contributed by atoms with van der Waals surface area (Å²) in [6.45, 7) is 0. The Morgan fingerprint density at radius 2 is 0.917 bits per heavy atom. The Hall–Kier alpha value is -6.52. The maximum atomic E-state index is 5.26. The molecule has 0 bridgehead atoms. The molecule has 0 saturated carbocycles. The molecule has 222 valence electrons. The molecule has 10 aromatic rings. The number of para-hydroxylation sites is 1. The number of benzene rings is 6. The highest BCUT2D eigenvalue weighted by Gasteiger charge is 2.15. The Balaban J connectivity index is 1.09. The second-order valence-corrected chi connectivity index (χ2v) is 12.3. The van der Waals surface area contributed by atoms with E-state index in [0.29, 0.717) is 0 Å². The Bertz CT molecular complexity index is 2900. The second kappa shape index (κ2) is 10.5. The van der Waals surface area contributed by atoms with Gasteiger partial charge in [-0.3, -0.25) is 4.98 Å². The lowest BCUT2D eigenvalue weighted by molar-refractivity contribution is 1.37. The minimum Gasteiger partial charge on any atom is -0.254 e. The molecular weight excluding hydrogens is 585 g/mol.